The Morgan fingerprint density at radius 2 is 1.88 bits per heavy atom. The zero-order chi connectivity index (χ0) is 12.6. The maximum absolute atomic E-state index is 11.3. The molecule has 0 aromatic carbocycles. The summed E-state index contributed by atoms with van der Waals surface area (Å²) in [4.78, 5) is 33.1. The van der Waals surface area contributed by atoms with Crippen molar-refractivity contribution < 1.29 is 19.1 Å². The van der Waals surface area contributed by atoms with E-state index in [0.717, 1.165) is 0 Å². The van der Waals surface area contributed by atoms with Gasteiger partial charge >= 0.3 is 5.97 Å². The summed E-state index contributed by atoms with van der Waals surface area (Å²) < 4.78 is 4.45. The van der Waals surface area contributed by atoms with Crippen molar-refractivity contribution in [2.24, 2.45) is 0 Å². The van der Waals surface area contributed by atoms with Crippen molar-refractivity contribution in [3.05, 3.63) is 0 Å². The van der Waals surface area contributed by atoms with Crippen LogP contribution in [0, 0.1) is 0 Å². The monoisotopic (exact) mass is 266 g/mol. The van der Waals surface area contributed by atoms with E-state index in [9.17, 15) is 14.4 Å². The molecule has 2 N–H and O–H groups in total. The summed E-state index contributed by atoms with van der Waals surface area (Å²) in [6, 6.07) is -0.811. The molecule has 0 aromatic heterocycles. The van der Waals surface area contributed by atoms with Gasteiger partial charge < -0.3 is 15.4 Å². The van der Waals surface area contributed by atoms with Crippen LogP contribution >= 0.6 is 25.3 Å². The minimum atomic E-state index is -0.811. The van der Waals surface area contributed by atoms with Gasteiger partial charge in [-0.2, -0.15) is 25.3 Å². The van der Waals surface area contributed by atoms with Gasteiger partial charge in [0.1, 0.15) is 6.04 Å². The van der Waals surface area contributed by atoms with Crippen LogP contribution < -0.4 is 10.6 Å². The fraction of sp³-hybridized carbons (Fsp3) is 0.625. The van der Waals surface area contributed by atoms with Crippen LogP contribution in [-0.2, 0) is 19.1 Å². The lowest BCUT2D eigenvalue weighted by molar-refractivity contribution is -0.144. The summed E-state index contributed by atoms with van der Waals surface area (Å²) in [6.45, 7) is -0.208. The van der Waals surface area contributed by atoms with Gasteiger partial charge in [-0.05, 0) is 0 Å². The summed E-state index contributed by atoms with van der Waals surface area (Å²) in [6.07, 6.45) is 0. The highest BCUT2D eigenvalue weighted by Gasteiger charge is 2.19. The second-order valence-corrected chi connectivity index (χ2v) is 3.44. The highest BCUT2D eigenvalue weighted by atomic mass is 32.1. The van der Waals surface area contributed by atoms with Gasteiger partial charge in [-0.1, -0.05) is 0 Å². The number of ether oxygens (including phenoxy) is 1. The van der Waals surface area contributed by atoms with Crippen molar-refractivity contribution in [2.45, 2.75) is 6.04 Å². The van der Waals surface area contributed by atoms with Crippen LogP contribution in [0.25, 0.3) is 0 Å². The first-order valence-electron chi connectivity index (χ1n) is 4.40. The largest absolute Gasteiger partial charge is 0.467 e. The van der Waals surface area contributed by atoms with E-state index in [2.05, 4.69) is 40.6 Å². The Morgan fingerprint density at radius 1 is 1.25 bits per heavy atom. The molecule has 0 rings (SSSR count). The maximum atomic E-state index is 11.3. The summed E-state index contributed by atoms with van der Waals surface area (Å²) in [5.41, 5.74) is 0. The molecule has 0 bridgehead atoms. The molecule has 0 spiro atoms. The number of esters is 1. The fourth-order valence-electron chi connectivity index (χ4n) is 0.801. The van der Waals surface area contributed by atoms with Crippen molar-refractivity contribution in [3.8, 4) is 0 Å². The Balaban J connectivity index is 4.01. The molecule has 16 heavy (non-hydrogen) atoms. The van der Waals surface area contributed by atoms with Crippen molar-refractivity contribution >= 4 is 43.0 Å². The molecule has 1 atom stereocenters. The van der Waals surface area contributed by atoms with Crippen LogP contribution in [0.1, 0.15) is 0 Å². The van der Waals surface area contributed by atoms with Crippen LogP contribution in [0.5, 0.6) is 0 Å². The van der Waals surface area contributed by atoms with E-state index < -0.39 is 17.9 Å². The second kappa shape index (κ2) is 8.28. The number of hydrogen-bond donors (Lipinski definition) is 4. The fourth-order valence-corrected chi connectivity index (χ4v) is 1.15. The van der Waals surface area contributed by atoms with Gasteiger partial charge in [-0.3, -0.25) is 9.59 Å². The molecule has 0 unspecified atom stereocenters. The SMILES string of the molecule is COC(=O)[C@H](CS)NC(=O)CNC(=O)CS. The number of carbonyl (C=O) groups is 3. The first kappa shape index (κ1) is 15.1. The van der Waals surface area contributed by atoms with E-state index >= 15 is 0 Å². The Morgan fingerprint density at radius 3 is 2.31 bits per heavy atom. The minimum absolute atomic E-state index is 0.000276. The second-order valence-electron chi connectivity index (χ2n) is 2.76. The topological polar surface area (TPSA) is 84.5 Å². The Bertz CT molecular complexity index is 273. The summed E-state index contributed by atoms with van der Waals surface area (Å²) in [5.74, 6) is -1.30. The lowest BCUT2D eigenvalue weighted by Crippen LogP contribution is -2.47. The minimum Gasteiger partial charge on any atom is -0.467 e. The van der Waals surface area contributed by atoms with Crippen molar-refractivity contribution in [2.75, 3.05) is 25.2 Å². The molecule has 0 saturated heterocycles. The normalized spacial score (nSPS) is 11.4. The molecule has 0 aliphatic rings. The highest BCUT2D eigenvalue weighted by Crippen LogP contribution is 1.91. The van der Waals surface area contributed by atoms with E-state index in [4.69, 9.17) is 0 Å². The molecule has 0 heterocycles. The first-order chi connectivity index (χ1) is 7.54. The van der Waals surface area contributed by atoms with Gasteiger partial charge in [0.25, 0.3) is 0 Å². The third kappa shape index (κ3) is 5.86. The molecule has 92 valence electrons. The number of nitrogens with one attached hydrogen (secondary N) is 2. The average molecular weight is 266 g/mol. The van der Waals surface area contributed by atoms with E-state index in [1.54, 1.807) is 0 Å². The molecule has 0 aliphatic carbocycles. The Kier molecular flexibility index (Phi) is 7.82. The van der Waals surface area contributed by atoms with Gasteiger partial charge in [0.15, 0.2) is 0 Å². The molecule has 0 aliphatic heterocycles. The van der Waals surface area contributed by atoms with Crippen molar-refractivity contribution in [3.63, 3.8) is 0 Å². The number of rotatable bonds is 6. The predicted octanol–water partition coefficient (Wildman–Crippen LogP) is -1.38. The van der Waals surface area contributed by atoms with Gasteiger partial charge in [0.05, 0.1) is 19.4 Å². The number of hydrogen-bond acceptors (Lipinski definition) is 6. The third-order valence-electron chi connectivity index (χ3n) is 1.59. The highest BCUT2D eigenvalue weighted by molar-refractivity contribution is 7.81. The maximum Gasteiger partial charge on any atom is 0.329 e. The molecule has 6 nitrogen and oxygen atoms in total. The standard InChI is InChI=1S/C8H14N2O4S2/c1-14-8(13)5(3-15)10-6(11)2-9-7(12)4-16/h5,15-16H,2-4H2,1H3,(H,9,12)(H,10,11)/t5-/m0/s1. The molecule has 8 heteroatoms. The van der Waals surface area contributed by atoms with Crippen molar-refractivity contribution in [1.82, 2.24) is 10.6 Å². The smallest absolute Gasteiger partial charge is 0.329 e. The number of amides is 2. The van der Waals surface area contributed by atoms with Gasteiger partial charge in [0, 0.05) is 5.75 Å². The summed E-state index contributed by atoms with van der Waals surface area (Å²) >= 11 is 7.62. The van der Waals surface area contributed by atoms with Crippen LogP contribution in [0.2, 0.25) is 0 Å². The van der Waals surface area contributed by atoms with Crippen LogP contribution in [-0.4, -0.2) is 49.0 Å². The van der Waals surface area contributed by atoms with Crippen molar-refractivity contribution in [1.29, 1.82) is 0 Å². The predicted molar refractivity (Wildman–Crippen MR) is 64.7 cm³/mol. The zero-order valence-electron chi connectivity index (χ0n) is 8.73. The average Bonchev–Trinajstić information content (AvgIpc) is 2.31. The van der Waals surface area contributed by atoms with E-state index in [0.29, 0.717) is 0 Å². The summed E-state index contributed by atoms with van der Waals surface area (Å²) in [5, 5.41) is 4.68. The van der Waals surface area contributed by atoms with E-state index in [1.807, 2.05) is 0 Å². The van der Waals surface area contributed by atoms with E-state index in [1.165, 1.54) is 7.11 Å². The Labute approximate surface area is 104 Å². The molecule has 0 aromatic rings. The Hall–Kier alpha value is -0.890. The number of carbonyl (C=O) groups excluding carboxylic acids is 3. The van der Waals surface area contributed by atoms with Gasteiger partial charge in [-0.15, -0.1) is 0 Å². The first-order valence-corrected chi connectivity index (χ1v) is 5.67. The molecule has 2 amide bonds. The molecular formula is C8H14N2O4S2. The lowest BCUT2D eigenvalue weighted by Gasteiger charge is -2.14. The molecule has 0 fully saturated rings. The van der Waals surface area contributed by atoms with Crippen LogP contribution in [0.4, 0.5) is 0 Å². The molecule has 0 radical (unpaired) electrons. The van der Waals surface area contributed by atoms with E-state index in [-0.39, 0.29) is 24.0 Å². The van der Waals surface area contributed by atoms with Gasteiger partial charge in [0.2, 0.25) is 11.8 Å². The third-order valence-corrected chi connectivity index (χ3v) is 2.25. The van der Waals surface area contributed by atoms with Crippen LogP contribution in [0.3, 0.4) is 0 Å². The van der Waals surface area contributed by atoms with Crippen LogP contribution in [0.15, 0.2) is 0 Å². The molecular weight excluding hydrogens is 252 g/mol. The summed E-state index contributed by atoms with van der Waals surface area (Å²) in [7, 11) is 1.22. The molecule has 0 saturated carbocycles. The van der Waals surface area contributed by atoms with Gasteiger partial charge in [-0.25, -0.2) is 4.79 Å². The quantitative estimate of drug-likeness (QED) is 0.353. The lowest BCUT2D eigenvalue weighted by atomic mass is 10.3. The number of thiol groups is 2. The number of methoxy groups -OCH3 is 1. The zero-order valence-corrected chi connectivity index (χ0v) is 10.5.